The van der Waals surface area contributed by atoms with Gasteiger partial charge in [0.1, 0.15) is 0 Å². The lowest BCUT2D eigenvalue weighted by molar-refractivity contribution is -0.137. The highest BCUT2D eigenvalue weighted by atomic mass is 19.4. The monoisotopic (exact) mass is 474 g/mol. The second-order valence-corrected chi connectivity index (χ2v) is 9.24. The maximum absolute atomic E-state index is 12.8. The lowest BCUT2D eigenvalue weighted by Gasteiger charge is -2.36. The molecule has 2 heterocycles. The number of piperidine rings is 1. The third-order valence-corrected chi connectivity index (χ3v) is 6.91. The van der Waals surface area contributed by atoms with Crippen molar-refractivity contribution in [2.24, 2.45) is 5.92 Å². The molecule has 2 saturated heterocycles. The molecule has 0 saturated carbocycles. The van der Waals surface area contributed by atoms with Crippen LogP contribution in [0.2, 0.25) is 0 Å². The number of hydrogen-bond acceptors (Lipinski definition) is 3. The Hall–Kier alpha value is -2.74. The summed E-state index contributed by atoms with van der Waals surface area (Å²) in [6, 6.07) is 15.7. The molecule has 1 N–H and O–H groups in total. The highest BCUT2D eigenvalue weighted by Crippen LogP contribution is 2.30. The quantitative estimate of drug-likeness (QED) is 0.651. The molecule has 2 aliphatic rings. The number of nitrogens with one attached hydrogen (secondary N) is 1. The number of likely N-dealkylation sites (tertiary alicyclic amines) is 1. The predicted octanol–water partition coefficient (Wildman–Crippen LogP) is 4.84. The average molecular weight is 475 g/mol. The van der Waals surface area contributed by atoms with Crippen LogP contribution in [0.1, 0.15) is 30.4 Å². The van der Waals surface area contributed by atoms with Crippen LogP contribution in [0.5, 0.6) is 0 Å². The highest BCUT2D eigenvalue weighted by molar-refractivity contribution is 5.74. The Labute approximate surface area is 199 Å². The lowest BCUT2D eigenvalue weighted by atomic mass is 9.93. The summed E-state index contributed by atoms with van der Waals surface area (Å²) in [5.74, 6) is 0.642. The molecule has 2 aromatic carbocycles. The second-order valence-electron chi connectivity index (χ2n) is 9.24. The van der Waals surface area contributed by atoms with E-state index in [-0.39, 0.29) is 6.03 Å². The van der Waals surface area contributed by atoms with Crippen LogP contribution in [0.4, 0.5) is 23.7 Å². The maximum atomic E-state index is 12.8. The fourth-order valence-corrected chi connectivity index (χ4v) is 4.80. The lowest BCUT2D eigenvalue weighted by Crippen LogP contribution is -2.52. The van der Waals surface area contributed by atoms with Crippen molar-refractivity contribution in [2.75, 3.05) is 50.7 Å². The van der Waals surface area contributed by atoms with E-state index in [1.54, 1.807) is 4.90 Å². The number of benzene rings is 2. The van der Waals surface area contributed by atoms with E-state index >= 15 is 0 Å². The van der Waals surface area contributed by atoms with Gasteiger partial charge in [0, 0.05) is 45.0 Å². The normalized spacial score (nSPS) is 18.2. The van der Waals surface area contributed by atoms with E-state index in [4.69, 9.17) is 0 Å². The SMILES string of the molecule is O=C(NCCC1CCN(Cc2ccccc2)CC1)N1CCN(c2ccc(C(F)(F)F)cc2)CC1. The summed E-state index contributed by atoms with van der Waals surface area (Å²) in [6.45, 7) is 6.22. The number of nitrogens with zero attached hydrogens (tertiary/aromatic N) is 3. The fourth-order valence-electron chi connectivity index (χ4n) is 4.80. The standard InChI is InChI=1S/C26H33F3N4O/c27-26(28,29)23-6-8-24(9-7-23)32-16-18-33(19-17-32)25(34)30-13-10-21-11-14-31(15-12-21)20-22-4-2-1-3-5-22/h1-9,21H,10-20H2,(H,30,34). The number of amides is 2. The van der Waals surface area contributed by atoms with Crippen molar-refractivity contribution in [2.45, 2.75) is 32.0 Å². The van der Waals surface area contributed by atoms with E-state index in [2.05, 4.69) is 34.5 Å². The maximum Gasteiger partial charge on any atom is 0.416 e. The summed E-state index contributed by atoms with van der Waals surface area (Å²) in [5, 5.41) is 3.06. The Balaban J connectivity index is 1.12. The minimum Gasteiger partial charge on any atom is -0.368 e. The molecule has 2 aromatic rings. The molecule has 0 atom stereocenters. The molecular formula is C26H33F3N4O. The summed E-state index contributed by atoms with van der Waals surface area (Å²) in [4.78, 5) is 18.9. The Morgan fingerprint density at radius 3 is 2.15 bits per heavy atom. The number of urea groups is 1. The Morgan fingerprint density at radius 1 is 0.882 bits per heavy atom. The molecule has 8 heteroatoms. The minimum atomic E-state index is -4.32. The Bertz CT molecular complexity index is 904. The molecule has 0 bridgehead atoms. The minimum absolute atomic E-state index is 0.0476. The largest absolute Gasteiger partial charge is 0.416 e. The van der Waals surface area contributed by atoms with E-state index in [1.165, 1.54) is 17.7 Å². The fraction of sp³-hybridized carbons (Fsp3) is 0.500. The van der Waals surface area contributed by atoms with Gasteiger partial charge in [-0.1, -0.05) is 30.3 Å². The molecule has 2 amide bonds. The second kappa shape index (κ2) is 11.1. The van der Waals surface area contributed by atoms with Gasteiger partial charge in [0.15, 0.2) is 0 Å². The topological polar surface area (TPSA) is 38.8 Å². The van der Waals surface area contributed by atoms with Gasteiger partial charge in [0.2, 0.25) is 0 Å². The molecule has 0 spiro atoms. The van der Waals surface area contributed by atoms with Crippen molar-refractivity contribution in [3.8, 4) is 0 Å². The molecule has 0 aliphatic carbocycles. The number of anilines is 1. The van der Waals surface area contributed by atoms with Crippen LogP contribution < -0.4 is 10.2 Å². The summed E-state index contributed by atoms with van der Waals surface area (Å²) >= 11 is 0. The van der Waals surface area contributed by atoms with Gasteiger partial charge >= 0.3 is 12.2 Å². The van der Waals surface area contributed by atoms with E-state index < -0.39 is 11.7 Å². The molecule has 2 fully saturated rings. The van der Waals surface area contributed by atoms with Gasteiger partial charge < -0.3 is 15.1 Å². The number of carbonyl (C=O) groups is 1. The van der Waals surface area contributed by atoms with Crippen LogP contribution in [-0.4, -0.2) is 61.6 Å². The van der Waals surface area contributed by atoms with Gasteiger partial charge in [-0.3, -0.25) is 4.90 Å². The van der Waals surface area contributed by atoms with Crippen molar-refractivity contribution in [3.05, 3.63) is 65.7 Å². The predicted molar refractivity (Wildman–Crippen MR) is 128 cm³/mol. The molecular weight excluding hydrogens is 441 g/mol. The van der Waals surface area contributed by atoms with Crippen molar-refractivity contribution in [1.82, 2.24) is 15.1 Å². The summed E-state index contributed by atoms with van der Waals surface area (Å²) in [5.41, 5.74) is 1.47. The van der Waals surface area contributed by atoms with E-state index in [1.807, 2.05) is 11.0 Å². The van der Waals surface area contributed by atoms with Crippen molar-refractivity contribution in [3.63, 3.8) is 0 Å². The van der Waals surface area contributed by atoms with E-state index in [9.17, 15) is 18.0 Å². The van der Waals surface area contributed by atoms with E-state index in [0.29, 0.717) is 38.6 Å². The number of halogens is 3. The zero-order valence-corrected chi connectivity index (χ0v) is 19.4. The van der Waals surface area contributed by atoms with Crippen LogP contribution in [0, 0.1) is 5.92 Å². The number of piperazine rings is 1. The Kier molecular flexibility index (Phi) is 7.98. The van der Waals surface area contributed by atoms with E-state index in [0.717, 1.165) is 56.7 Å². The van der Waals surface area contributed by atoms with Crippen LogP contribution >= 0.6 is 0 Å². The van der Waals surface area contributed by atoms with Crippen molar-refractivity contribution >= 4 is 11.7 Å². The first-order valence-electron chi connectivity index (χ1n) is 12.1. The van der Waals surface area contributed by atoms with Gasteiger partial charge in [-0.25, -0.2) is 4.79 Å². The first kappa shape index (κ1) is 24.4. The van der Waals surface area contributed by atoms with Gasteiger partial charge in [-0.2, -0.15) is 13.2 Å². The third kappa shape index (κ3) is 6.65. The van der Waals surface area contributed by atoms with Gasteiger partial charge in [-0.05, 0) is 68.1 Å². The number of alkyl halides is 3. The molecule has 5 nitrogen and oxygen atoms in total. The van der Waals surface area contributed by atoms with Gasteiger partial charge in [0.25, 0.3) is 0 Å². The molecule has 0 radical (unpaired) electrons. The number of rotatable bonds is 6. The number of hydrogen-bond donors (Lipinski definition) is 1. The Morgan fingerprint density at radius 2 is 1.53 bits per heavy atom. The van der Waals surface area contributed by atoms with Crippen molar-refractivity contribution in [1.29, 1.82) is 0 Å². The molecule has 0 unspecified atom stereocenters. The highest BCUT2D eigenvalue weighted by Gasteiger charge is 2.30. The summed E-state index contributed by atoms with van der Waals surface area (Å²) in [7, 11) is 0. The molecule has 0 aromatic heterocycles. The molecule has 184 valence electrons. The summed E-state index contributed by atoms with van der Waals surface area (Å²) < 4.78 is 38.3. The third-order valence-electron chi connectivity index (χ3n) is 6.91. The first-order chi connectivity index (χ1) is 16.4. The zero-order valence-electron chi connectivity index (χ0n) is 19.4. The first-order valence-corrected chi connectivity index (χ1v) is 12.1. The molecule has 2 aliphatic heterocycles. The molecule has 4 rings (SSSR count). The van der Waals surface area contributed by atoms with Gasteiger partial charge in [0.05, 0.1) is 5.56 Å². The van der Waals surface area contributed by atoms with Gasteiger partial charge in [-0.15, -0.1) is 0 Å². The van der Waals surface area contributed by atoms with Crippen LogP contribution in [0.25, 0.3) is 0 Å². The molecule has 34 heavy (non-hydrogen) atoms. The average Bonchev–Trinajstić information content (AvgIpc) is 2.85. The smallest absolute Gasteiger partial charge is 0.368 e. The zero-order chi connectivity index (χ0) is 24.0. The van der Waals surface area contributed by atoms with Crippen LogP contribution in [0.15, 0.2) is 54.6 Å². The van der Waals surface area contributed by atoms with Crippen molar-refractivity contribution < 1.29 is 18.0 Å². The van der Waals surface area contributed by atoms with Crippen LogP contribution in [0.3, 0.4) is 0 Å². The van der Waals surface area contributed by atoms with Crippen LogP contribution in [-0.2, 0) is 12.7 Å². The summed E-state index contributed by atoms with van der Waals surface area (Å²) in [6.07, 6.45) is -1.01. The number of carbonyl (C=O) groups excluding carboxylic acids is 1.